The Balaban J connectivity index is 1.86. The summed E-state index contributed by atoms with van der Waals surface area (Å²) in [6.07, 6.45) is 2.96. The summed E-state index contributed by atoms with van der Waals surface area (Å²) in [6.45, 7) is 0. The van der Waals surface area contributed by atoms with Crippen LogP contribution in [-0.2, 0) is 0 Å². The molecular weight excluding hydrogens is 312 g/mol. The van der Waals surface area contributed by atoms with Crippen molar-refractivity contribution in [3.8, 4) is 0 Å². The number of nitrogens with zero attached hydrogens (tertiary/aromatic N) is 3. The van der Waals surface area contributed by atoms with Crippen LogP contribution in [0.1, 0.15) is 5.56 Å². The first-order chi connectivity index (χ1) is 11.2. The molecule has 0 unspecified atom stereocenters. The molecule has 6 heteroatoms. The van der Waals surface area contributed by atoms with Crippen molar-refractivity contribution in [1.29, 1.82) is 0 Å². The number of nitrogens with one attached hydrogen (secondary N) is 1. The molecule has 2 aromatic carbocycles. The number of halogens is 1. The van der Waals surface area contributed by atoms with E-state index in [4.69, 9.17) is 11.6 Å². The highest BCUT2D eigenvalue weighted by atomic mass is 35.5. The van der Waals surface area contributed by atoms with Gasteiger partial charge in [0.15, 0.2) is 0 Å². The van der Waals surface area contributed by atoms with Crippen LogP contribution in [0.5, 0.6) is 0 Å². The predicted molar refractivity (Wildman–Crippen MR) is 92.3 cm³/mol. The van der Waals surface area contributed by atoms with Crippen LogP contribution in [0.15, 0.2) is 64.8 Å². The Morgan fingerprint density at radius 2 is 1.91 bits per heavy atom. The fourth-order valence-electron chi connectivity index (χ4n) is 2.48. The van der Waals surface area contributed by atoms with E-state index >= 15 is 0 Å². The van der Waals surface area contributed by atoms with Gasteiger partial charge in [0.25, 0.3) is 5.56 Å². The molecule has 0 fully saturated rings. The van der Waals surface area contributed by atoms with Gasteiger partial charge in [0.1, 0.15) is 17.4 Å². The van der Waals surface area contributed by atoms with Gasteiger partial charge in [-0.1, -0.05) is 48.0 Å². The van der Waals surface area contributed by atoms with Gasteiger partial charge in [-0.2, -0.15) is 9.78 Å². The van der Waals surface area contributed by atoms with Crippen LogP contribution in [-0.4, -0.2) is 20.9 Å². The number of fused-ring (bicyclic) bond motifs is 3. The minimum absolute atomic E-state index is 0.255. The number of hydrogen-bond acceptors (Lipinski definition) is 3. The van der Waals surface area contributed by atoms with Gasteiger partial charge in [-0.05, 0) is 12.1 Å². The predicted octanol–water partition coefficient (Wildman–Crippen LogP) is 3.41. The lowest BCUT2D eigenvalue weighted by Gasteiger charge is -1.99. The summed E-state index contributed by atoms with van der Waals surface area (Å²) in [4.78, 5) is 20.0. The highest BCUT2D eigenvalue weighted by Crippen LogP contribution is 2.20. The molecule has 0 saturated heterocycles. The lowest BCUT2D eigenvalue weighted by Crippen LogP contribution is -2.17. The monoisotopic (exact) mass is 322 g/mol. The van der Waals surface area contributed by atoms with Gasteiger partial charge in [0.2, 0.25) is 0 Å². The summed E-state index contributed by atoms with van der Waals surface area (Å²) in [5.74, 6) is 0. The fraction of sp³-hybridized carbons (Fsp3) is 0. The minimum atomic E-state index is -0.255. The molecule has 0 amide bonds. The van der Waals surface area contributed by atoms with E-state index in [1.54, 1.807) is 12.3 Å². The maximum Gasteiger partial charge on any atom is 0.298 e. The number of para-hydroxylation sites is 1. The molecule has 23 heavy (non-hydrogen) atoms. The molecule has 0 bridgehead atoms. The normalized spacial score (nSPS) is 11.7. The van der Waals surface area contributed by atoms with Crippen LogP contribution in [0.25, 0.3) is 21.9 Å². The molecule has 0 aliphatic carbocycles. The van der Waals surface area contributed by atoms with Crippen LogP contribution in [0.2, 0.25) is 5.02 Å². The molecule has 0 spiro atoms. The number of hydrogen-bond donors (Lipinski definition) is 1. The molecule has 112 valence electrons. The molecular formula is C17H11ClN4O. The Hall–Kier alpha value is -2.92. The van der Waals surface area contributed by atoms with Gasteiger partial charge < -0.3 is 4.98 Å². The summed E-state index contributed by atoms with van der Waals surface area (Å²) >= 11 is 6.08. The highest BCUT2D eigenvalue weighted by molar-refractivity contribution is 6.33. The molecule has 2 heterocycles. The first kappa shape index (κ1) is 13.7. The Morgan fingerprint density at radius 1 is 1.13 bits per heavy atom. The van der Waals surface area contributed by atoms with E-state index in [2.05, 4.69) is 15.1 Å². The second-order valence-corrected chi connectivity index (χ2v) is 5.46. The average molecular weight is 323 g/mol. The Bertz CT molecular complexity index is 1110. The summed E-state index contributed by atoms with van der Waals surface area (Å²) in [5, 5.41) is 5.66. The first-order valence-corrected chi connectivity index (χ1v) is 7.39. The molecule has 4 aromatic rings. The van der Waals surface area contributed by atoms with Crippen molar-refractivity contribution in [1.82, 2.24) is 14.6 Å². The average Bonchev–Trinajstić information content (AvgIpc) is 2.95. The van der Waals surface area contributed by atoms with Gasteiger partial charge in [-0.15, -0.1) is 0 Å². The summed E-state index contributed by atoms with van der Waals surface area (Å²) in [5.41, 5.74) is 2.44. The highest BCUT2D eigenvalue weighted by Gasteiger charge is 2.09. The lowest BCUT2D eigenvalue weighted by molar-refractivity contribution is 0.815. The van der Waals surface area contributed by atoms with E-state index in [0.717, 1.165) is 16.5 Å². The van der Waals surface area contributed by atoms with Crippen molar-refractivity contribution in [3.05, 3.63) is 75.8 Å². The molecule has 2 aromatic heterocycles. The van der Waals surface area contributed by atoms with Crippen LogP contribution < -0.4 is 5.56 Å². The second-order valence-electron chi connectivity index (χ2n) is 5.05. The number of rotatable bonds is 2. The summed E-state index contributed by atoms with van der Waals surface area (Å²) in [7, 11) is 0. The largest absolute Gasteiger partial charge is 0.349 e. The molecule has 0 aliphatic heterocycles. The number of aromatic nitrogens is 3. The Morgan fingerprint density at radius 3 is 2.78 bits per heavy atom. The van der Waals surface area contributed by atoms with Gasteiger partial charge in [0.05, 0.1) is 6.21 Å². The standard InChI is InChI=1S/C17H11ClN4O/c18-13-7-3-1-5-11(13)9-20-22-10-19-15-12-6-2-4-8-14(12)21-16(15)17(22)23/h1-10,21H/b20-9+. The van der Waals surface area contributed by atoms with E-state index in [9.17, 15) is 4.79 Å². The van der Waals surface area contributed by atoms with Crippen molar-refractivity contribution in [2.45, 2.75) is 0 Å². The maximum absolute atomic E-state index is 12.5. The fourth-order valence-corrected chi connectivity index (χ4v) is 2.67. The van der Waals surface area contributed by atoms with Crippen molar-refractivity contribution in [2.75, 3.05) is 0 Å². The molecule has 0 aliphatic rings. The number of aromatic amines is 1. The minimum Gasteiger partial charge on any atom is -0.349 e. The SMILES string of the molecule is O=c1c2[nH]c3ccccc3c2ncn1/N=C/c1ccccc1Cl. The zero-order chi connectivity index (χ0) is 15.8. The van der Waals surface area contributed by atoms with Crippen molar-refractivity contribution in [2.24, 2.45) is 5.10 Å². The van der Waals surface area contributed by atoms with Crippen LogP contribution >= 0.6 is 11.6 Å². The summed E-state index contributed by atoms with van der Waals surface area (Å²) < 4.78 is 1.20. The second kappa shape index (κ2) is 5.37. The first-order valence-electron chi connectivity index (χ1n) is 7.01. The maximum atomic E-state index is 12.5. The van der Waals surface area contributed by atoms with Gasteiger partial charge in [0, 0.05) is 21.5 Å². The van der Waals surface area contributed by atoms with E-state index in [-0.39, 0.29) is 5.56 Å². The quantitative estimate of drug-likeness (QED) is 0.575. The third kappa shape index (κ3) is 2.31. The van der Waals surface area contributed by atoms with E-state index in [1.807, 2.05) is 42.5 Å². The smallest absolute Gasteiger partial charge is 0.298 e. The molecule has 0 radical (unpaired) electrons. The molecule has 4 rings (SSSR count). The van der Waals surface area contributed by atoms with E-state index in [0.29, 0.717) is 16.1 Å². The number of H-pyrrole nitrogens is 1. The molecule has 0 saturated carbocycles. The third-order valence-corrected chi connectivity index (χ3v) is 3.97. The van der Waals surface area contributed by atoms with Crippen molar-refractivity contribution in [3.63, 3.8) is 0 Å². The van der Waals surface area contributed by atoms with Gasteiger partial charge >= 0.3 is 0 Å². The zero-order valence-corrected chi connectivity index (χ0v) is 12.7. The number of benzene rings is 2. The van der Waals surface area contributed by atoms with Gasteiger partial charge in [-0.3, -0.25) is 4.79 Å². The van der Waals surface area contributed by atoms with Gasteiger partial charge in [-0.25, -0.2) is 4.98 Å². The van der Waals surface area contributed by atoms with Crippen molar-refractivity contribution < 1.29 is 0 Å². The van der Waals surface area contributed by atoms with Crippen LogP contribution in [0, 0.1) is 0 Å². The Kier molecular flexibility index (Phi) is 3.20. The lowest BCUT2D eigenvalue weighted by atomic mass is 10.2. The van der Waals surface area contributed by atoms with E-state index in [1.165, 1.54) is 11.0 Å². The zero-order valence-electron chi connectivity index (χ0n) is 11.9. The molecule has 1 N–H and O–H groups in total. The van der Waals surface area contributed by atoms with E-state index < -0.39 is 0 Å². The van der Waals surface area contributed by atoms with Crippen LogP contribution in [0.4, 0.5) is 0 Å². The topological polar surface area (TPSA) is 63.0 Å². The third-order valence-electron chi connectivity index (χ3n) is 3.62. The summed E-state index contributed by atoms with van der Waals surface area (Å²) in [6, 6.07) is 15.0. The Labute approximate surface area is 135 Å². The van der Waals surface area contributed by atoms with Crippen molar-refractivity contribution >= 4 is 39.8 Å². The van der Waals surface area contributed by atoms with Crippen LogP contribution in [0.3, 0.4) is 0 Å². The molecule has 0 atom stereocenters. The molecule has 5 nitrogen and oxygen atoms in total.